The Labute approximate surface area is 84.3 Å². The first-order chi connectivity index (χ1) is 5.41. The van der Waals surface area contributed by atoms with Gasteiger partial charge in [0.05, 0.1) is 0 Å². The molecule has 0 atom stereocenters. The Morgan fingerprint density at radius 2 is 1.17 bits per heavy atom. The summed E-state index contributed by atoms with van der Waals surface area (Å²) in [6.07, 6.45) is 7.68. The van der Waals surface area contributed by atoms with Crippen molar-refractivity contribution >= 4 is 13.5 Å². The van der Waals surface area contributed by atoms with Crippen molar-refractivity contribution in [1.82, 2.24) is 0 Å². The molecule has 0 saturated carbocycles. The molecule has 0 fully saturated rings. The highest BCUT2D eigenvalue weighted by Crippen LogP contribution is 1.97. The normalized spacial score (nSPS) is 9.50. The summed E-state index contributed by atoms with van der Waals surface area (Å²) in [4.78, 5) is 0. The van der Waals surface area contributed by atoms with Crippen molar-refractivity contribution in [1.29, 1.82) is 0 Å². The quantitative estimate of drug-likeness (QED) is 0.535. The van der Waals surface area contributed by atoms with Crippen LogP contribution in [0.2, 0.25) is 0 Å². The van der Waals surface area contributed by atoms with Gasteiger partial charge in [-0.15, -0.1) is 0 Å². The average molecular weight is 192 g/mol. The Kier molecular flexibility index (Phi) is 17.1. The number of unbranched alkanes of at least 4 members (excludes halogenated alkanes) is 4. The molecule has 0 aliphatic rings. The molecule has 76 valence electrons. The summed E-state index contributed by atoms with van der Waals surface area (Å²) < 4.78 is 5.44. The second kappa shape index (κ2) is 13.9. The summed E-state index contributed by atoms with van der Waals surface area (Å²) in [6, 6.07) is 0. The molecule has 0 amide bonds. The maximum atomic E-state index is 5.44. The predicted molar refractivity (Wildman–Crippen MR) is 60.3 cm³/mol. The molecule has 0 aliphatic carbocycles. The highest BCUT2D eigenvalue weighted by atomic mass is 32.1. The number of rotatable bonds is 8. The molecular formula is C10H24OS. The van der Waals surface area contributed by atoms with Crippen LogP contribution in [0.25, 0.3) is 0 Å². The standard InChI is InChI=1S/C10H22O.H2S/c1-3-5-7-9-11-10-8-6-4-2;/h3-10H2,1-2H3;1H2. The van der Waals surface area contributed by atoms with Gasteiger partial charge in [0.25, 0.3) is 0 Å². The van der Waals surface area contributed by atoms with Crippen LogP contribution in [0.15, 0.2) is 0 Å². The van der Waals surface area contributed by atoms with Gasteiger partial charge in [-0.05, 0) is 12.8 Å². The van der Waals surface area contributed by atoms with E-state index in [1.54, 1.807) is 0 Å². The highest BCUT2D eigenvalue weighted by Gasteiger charge is 1.88. The largest absolute Gasteiger partial charge is 0.381 e. The fourth-order valence-corrected chi connectivity index (χ4v) is 1.01. The van der Waals surface area contributed by atoms with Crippen molar-refractivity contribution in [2.75, 3.05) is 13.2 Å². The molecule has 0 saturated heterocycles. The first-order valence-electron chi connectivity index (χ1n) is 4.99. The third kappa shape index (κ3) is 12.9. The molecule has 0 N–H and O–H groups in total. The molecule has 0 aromatic heterocycles. The van der Waals surface area contributed by atoms with Crippen molar-refractivity contribution in [3.8, 4) is 0 Å². The van der Waals surface area contributed by atoms with Gasteiger partial charge in [-0.2, -0.15) is 13.5 Å². The lowest BCUT2D eigenvalue weighted by Gasteiger charge is -2.01. The lowest BCUT2D eigenvalue weighted by atomic mass is 10.2. The number of hydrogen-bond acceptors (Lipinski definition) is 1. The maximum Gasteiger partial charge on any atom is 0.0466 e. The molecule has 12 heavy (non-hydrogen) atoms. The van der Waals surface area contributed by atoms with Gasteiger partial charge in [0.1, 0.15) is 0 Å². The minimum atomic E-state index is 0. The number of ether oxygens (including phenoxy) is 1. The van der Waals surface area contributed by atoms with Crippen molar-refractivity contribution in [3.63, 3.8) is 0 Å². The topological polar surface area (TPSA) is 9.23 Å². The van der Waals surface area contributed by atoms with E-state index in [0.717, 1.165) is 13.2 Å². The van der Waals surface area contributed by atoms with Gasteiger partial charge in [-0.25, -0.2) is 0 Å². The molecule has 0 rings (SSSR count). The first-order valence-corrected chi connectivity index (χ1v) is 4.99. The van der Waals surface area contributed by atoms with E-state index in [4.69, 9.17) is 4.74 Å². The Morgan fingerprint density at radius 3 is 1.50 bits per heavy atom. The summed E-state index contributed by atoms with van der Waals surface area (Å²) >= 11 is 0. The van der Waals surface area contributed by atoms with E-state index in [9.17, 15) is 0 Å². The molecule has 0 spiro atoms. The molecule has 0 aromatic carbocycles. The van der Waals surface area contributed by atoms with E-state index in [0.29, 0.717) is 0 Å². The van der Waals surface area contributed by atoms with Gasteiger partial charge < -0.3 is 4.74 Å². The van der Waals surface area contributed by atoms with Crippen LogP contribution < -0.4 is 0 Å². The molecule has 0 bridgehead atoms. The molecule has 0 heterocycles. The smallest absolute Gasteiger partial charge is 0.0466 e. The zero-order chi connectivity index (χ0) is 8.36. The molecule has 0 aliphatic heterocycles. The van der Waals surface area contributed by atoms with Crippen LogP contribution in [0.5, 0.6) is 0 Å². The van der Waals surface area contributed by atoms with Gasteiger partial charge in [0.15, 0.2) is 0 Å². The van der Waals surface area contributed by atoms with Crippen LogP contribution in [0.3, 0.4) is 0 Å². The molecule has 0 aromatic rings. The molecule has 0 unspecified atom stereocenters. The van der Waals surface area contributed by atoms with Crippen LogP contribution in [0, 0.1) is 0 Å². The van der Waals surface area contributed by atoms with Crippen molar-refractivity contribution in [2.24, 2.45) is 0 Å². The SMILES string of the molecule is CCCCCOCCCCC.S. The highest BCUT2D eigenvalue weighted by molar-refractivity contribution is 7.59. The maximum absolute atomic E-state index is 5.44. The van der Waals surface area contributed by atoms with Crippen molar-refractivity contribution in [2.45, 2.75) is 52.4 Å². The van der Waals surface area contributed by atoms with Crippen LogP contribution in [0.1, 0.15) is 52.4 Å². The van der Waals surface area contributed by atoms with Gasteiger partial charge in [-0.1, -0.05) is 39.5 Å². The van der Waals surface area contributed by atoms with Gasteiger partial charge in [-0.3, -0.25) is 0 Å². The Balaban J connectivity index is 0. The second-order valence-corrected chi connectivity index (χ2v) is 3.03. The molecule has 1 nitrogen and oxygen atoms in total. The molecule has 2 heteroatoms. The zero-order valence-corrected chi connectivity index (χ0v) is 9.57. The van der Waals surface area contributed by atoms with Crippen LogP contribution in [0.4, 0.5) is 0 Å². The van der Waals surface area contributed by atoms with Crippen LogP contribution in [-0.4, -0.2) is 13.2 Å². The van der Waals surface area contributed by atoms with Crippen molar-refractivity contribution in [3.05, 3.63) is 0 Å². The molecule has 0 radical (unpaired) electrons. The summed E-state index contributed by atoms with van der Waals surface area (Å²) in [5.74, 6) is 0. The van der Waals surface area contributed by atoms with Crippen LogP contribution >= 0.6 is 13.5 Å². The Morgan fingerprint density at radius 1 is 0.750 bits per heavy atom. The summed E-state index contributed by atoms with van der Waals surface area (Å²) in [7, 11) is 0. The molecular weight excluding hydrogens is 168 g/mol. The second-order valence-electron chi connectivity index (χ2n) is 3.03. The van der Waals surface area contributed by atoms with E-state index in [-0.39, 0.29) is 13.5 Å². The minimum Gasteiger partial charge on any atom is -0.381 e. The van der Waals surface area contributed by atoms with Gasteiger partial charge in [0.2, 0.25) is 0 Å². The monoisotopic (exact) mass is 192 g/mol. The summed E-state index contributed by atoms with van der Waals surface area (Å²) in [6.45, 7) is 6.38. The third-order valence-electron chi connectivity index (χ3n) is 1.78. The van der Waals surface area contributed by atoms with E-state index in [1.807, 2.05) is 0 Å². The first kappa shape index (κ1) is 14.8. The van der Waals surface area contributed by atoms with Crippen molar-refractivity contribution < 1.29 is 4.74 Å². The number of hydrogen-bond donors (Lipinski definition) is 0. The van der Waals surface area contributed by atoms with Crippen LogP contribution in [-0.2, 0) is 4.74 Å². The summed E-state index contributed by atoms with van der Waals surface area (Å²) in [5.41, 5.74) is 0. The minimum absolute atomic E-state index is 0. The van der Waals surface area contributed by atoms with E-state index in [1.165, 1.54) is 38.5 Å². The summed E-state index contributed by atoms with van der Waals surface area (Å²) in [5, 5.41) is 0. The Bertz CT molecular complexity index is 58.9. The predicted octanol–water partition coefficient (Wildman–Crippen LogP) is 3.50. The fraction of sp³-hybridized carbons (Fsp3) is 1.00. The third-order valence-corrected chi connectivity index (χ3v) is 1.78. The van der Waals surface area contributed by atoms with Gasteiger partial charge >= 0.3 is 0 Å². The van der Waals surface area contributed by atoms with Gasteiger partial charge in [0, 0.05) is 13.2 Å². The van der Waals surface area contributed by atoms with E-state index >= 15 is 0 Å². The average Bonchev–Trinajstić information content (AvgIpc) is 2.03. The Hall–Kier alpha value is 0.310. The fourth-order valence-electron chi connectivity index (χ4n) is 1.01. The van der Waals surface area contributed by atoms with E-state index in [2.05, 4.69) is 13.8 Å². The lowest BCUT2D eigenvalue weighted by molar-refractivity contribution is 0.126. The van der Waals surface area contributed by atoms with E-state index < -0.39 is 0 Å². The lowest BCUT2D eigenvalue weighted by Crippen LogP contribution is -1.96. The zero-order valence-electron chi connectivity index (χ0n) is 8.57.